The van der Waals surface area contributed by atoms with E-state index in [1.165, 1.54) is 5.69 Å². The number of para-hydroxylation sites is 1. The van der Waals surface area contributed by atoms with Crippen molar-refractivity contribution >= 4 is 11.6 Å². The number of aromatic nitrogens is 5. The highest BCUT2D eigenvalue weighted by Crippen LogP contribution is 2.21. The smallest absolute Gasteiger partial charge is 0.274 e. The molecular formula is C24H25N7O2. The maximum atomic E-state index is 13.0. The van der Waals surface area contributed by atoms with Crippen molar-refractivity contribution in [2.45, 2.75) is 19.8 Å². The molecule has 0 radical (unpaired) electrons. The van der Waals surface area contributed by atoms with Gasteiger partial charge in [-0.25, -0.2) is 9.97 Å². The third kappa shape index (κ3) is 4.34. The number of hydrogen-bond acceptors (Lipinski definition) is 7. The number of carbonyl (C=O) groups is 1. The summed E-state index contributed by atoms with van der Waals surface area (Å²) >= 11 is 0. The Balaban J connectivity index is 1.24. The van der Waals surface area contributed by atoms with Crippen LogP contribution in [0.25, 0.3) is 17.3 Å². The lowest BCUT2D eigenvalue weighted by molar-refractivity contribution is 0.0741. The van der Waals surface area contributed by atoms with Gasteiger partial charge < -0.3 is 14.3 Å². The molecule has 9 heteroatoms. The molecule has 9 nitrogen and oxygen atoms in total. The fraction of sp³-hybridized carbons (Fsp3) is 0.292. The largest absolute Gasteiger partial charge is 0.368 e. The Bertz CT molecular complexity index is 1220. The first-order valence-electron chi connectivity index (χ1n) is 11.0. The van der Waals surface area contributed by atoms with Crippen molar-refractivity contribution in [3.05, 3.63) is 72.7 Å². The molecule has 0 spiro atoms. The Morgan fingerprint density at radius 3 is 2.45 bits per heavy atom. The molecule has 168 valence electrons. The normalized spacial score (nSPS) is 14.2. The van der Waals surface area contributed by atoms with Crippen molar-refractivity contribution in [1.29, 1.82) is 0 Å². The van der Waals surface area contributed by atoms with Crippen LogP contribution in [0.15, 0.2) is 65.7 Å². The number of piperazine rings is 1. The number of carbonyl (C=O) groups excluding carboxylic acids is 1. The minimum atomic E-state index is -0.0647. The maximum Gasteiger partial charge on any atom is 0.274 e. The molecule has 1 fully saturated rings. The lowest BCUT2D eigenvalue weighted by Gasteiger charge is -2.35. The van der Waals surface area contributed by atoms with Crippen LogP contribution >= 0.6 is 0 Å². The van der Waals surface area contributed by atoms with E-state index in [2.05, 4.69) is 37.1 Å². The van der Waals surface area contributed by atoms with Crippen LogP contribution in [0.4, 0.5) is 5.69 Å². The third-order valence-corrected chi connectivity index (χ3v) is 5.71. The Hall–Kier alpha value is -4.01. The lowest BCUT2D eigenvalue weighted by atomic mass is 10.2. The van der Waals surface area contributed by atoms with E-state index in [0.717, 1.165) is 18.7 Å². The Kier molecular flexibility index (Phi) is 5.60. The monoisotopic (exact) mass is 443 g/mol. The molecule has 33 heavy (non-hydrogen) atoms. The summed E-state index contributed by atoms with van der Waals surface area (Å²) in [6, 6.07) is 14.0. The van der Waals surface area contributed by atoms with Gasteiger partial charge >= 0.3 is 0 Å². The van der Waals surface area contributed by atoms with E-state index in [1.54, 1.807) is 23.3 Å². The Morgan fingerprint density at radius 2 is 1.79 bits per heavy atom. The van der Waals surface area contributed by atoms with Crippen molar-refractivity contribution in [3.8, 4) is 17.3 Å². The summed E-state index contributed by atoms with van der Waals surface area (Å²) < 4.78 is 7.06. The maximum absolute atomic E-state index is 13.0. The van der Waals surface area contributed by atoms with E-state index in [1.807, 2.05) is 49.1 Å². The first-order chi connectivity index (χ1) is 16.1. The van der Waals surface area contributed by atoms with Crippen LogP contribution in [0.2, 0.25) is 0 Å². The molecule has 1 aliphatic heterocycles. The fourth-order valence-electron chi connectivity index (χ4n) is 3.78. The fourth-order valence-corrected chi connectivity index (χ4v) is 3.78. The van der Waals surface area contributed by atoms with Crippen LogP contribution in [-0.4, -0.2) is 61.7 Å². The summed E-state index contributed by atoms with van der Waals surface area (Å²) in [6.07, 6.45) is 5.01. The number of hydrogen-bond donors (Lipinski definition) is 0. The van der Waals surface area contributed by atoms with Gasteiger partial charge in [0.15, 0.2) is 5.82 Å². The second-order valence-corrected chi connectivity index (χ2v) is 8.30. The van der Waals surface area contributed by atoms with E-state index < -0.39 is 0 Å². The van der Waals surface area contributed by atoms with Crippen LogP contribution in [0, 0.1) is 0 Å². The second kappa shape index (κ2) is 8.85. The van der Waals surface area contributed by atoms with E-state index in [-0.39, 0.29) is 11.8 Å². The SMILES string of the molecule is CC(C)c1noc(-c2ccc(-n3cnc(C(=O)N4CCN(c5ccccc5)CC4)c3)nc2)n1. The average Bonchev–Trinajstić information content (AvgIpc) is 3.55. The summed E-state index contributed by atoms with van der Waals surface area (Å²) in [6.45, 7) is 6.95. The zero-order valence-corrected chi connectivity index (χ0v) is 18.6. The highest BCUT2D eigenvalue weighted by atomic mass is 16.5. The summed E-state index contributed by atoms with van der Waals surface area (Å²) in [4.78, 5) is 30.3. The summed E-state index contributed by atoms with van der Waals surface area (Å²) in [5, 5.41) is 3.99. The predicted octanol–water partition coefficient (Wildman–Crippen LogP) is 3.40. The number of anilines is 1. The van der Waals surface area contributed by atoms with Gasteiger partial charge in [-0.3, -0.25) is 9.36 Å². The molecule has 0 N–H and O–H groups in total. The van der Waals surface area contributed by atoms with Crippen LogP contribution in [0.5, 0.6) is 0 Å². The molecule has 4 heterocycles. The van der Waals surface area contributed by atoms with Gasteiger partial charge in [-0.2, -0.15) is 4.98 Å². The molecule has 4 aromatic rings. The lowest BCUT2D eigenvalue weighted by Crippen LogP contribution is -2.48. The van der Waals surface area contributed by atoms with Crippen molar-refractivity contribution in [3.63, 3.8) is 0 Å². The number of nitrogens with zero attached hydrogens (tertiary/aromatic N) is 7. The Labute approximate surface area is 191 Å². The van der Waals surface area contributed by atoms with Crippen molar-refractivity contribution in [1.82, 2.24) is 29.6 Å². The second-order valence-electron chi connectivity index (χ2n) is 8.30. The molecule has 1 aromatic carbocycles. The number of rotatable bonds is 5. The van der Waals surface area contributed by atoms with Gasteiger partial charge in [0.05, 0.1) is 5.56 Å². The van der Waals surface area contributed by atoms with E-state index in [4.69, 9.17) is 4.52 Å². The molecule has 0 unspecified atom stereocenters. The average molecular weight is 444 g/mol. The van der Waals surface area contributed by atoms with Crippen molar-refractivity contribution in [2.24, 2.45) is 0 Å². The van der Waals surface area contributed by atoms with Crippen LogP contribution < -0.4 is 4.90 Å². The molecular weight excluding hydrogens is 418 g/mol. The van der Waals surface area contributed by atoms with Gasteiger partial charge in [-0.05, 0) is 24.3 Å². The van der Waals surface area contributed by atoms with Gasteiger partial charge in [0.2, 0.25) is 0 Å². The highest BCUT2D eigenvalue weighted by Gasteiger charge is 2.24. The minimum Gasteiger partial charge on any atom is -0.368 e. The number of imidazole rings is 1. The van der Waals surface area contributed by atoms with Crippen molar-refractivity contribution in [2.75, 3.05) is 31.1 Å². The molecule has 0 aliphatic carbocycles. The van der Waals surface area contributed by atoms with E-state index in [0.29, 0.717) is 36.3 Å². The van der Waals surface area contributed by atoms with E-state index >= 15 is 0 Å². The molecule has 3 aromatic heterocycles. The van der Waals surface area contributed by atoms with Crippen LogP contribution in [0.1, 0.15) is 36.1 Å². The van der Waals surface area contributed by atoms with Gasteiger partial charge in [0.1, 0.15) is 17.8 Å². The molecule has 0 bridgehead atoms. The van der Waals surface area contributed by atoms with Gasteiger partial charge in [0, 0.05) is 50.2 Å². The van der Waals surface area contributed by atoms with Gasteiger partial charge in [-0.1, -0.05) is 37.2 Å². The number of pyridine rings is 1. The molecule has 5 rings (SSSR count). The zero-order valence-electron chi connectivity index (χ0n) is 18.6. The molecule has 1 aliphatic rings. The molecule has 0 atom stereocenters. The summed E-state index contributed by atoms with van der Waals surface area (Å²) in [7, 11) is 0. The topological polar surface area (TPSA) is 93.2 Å². The van der Waals surface area contributed by atoms with E-state index in [9.17, 15) is 4.79 Å². The number of amides is 1. The number of benzene rings is 1. The first-order valence-corrected chi connectivity index (χ1v) is 11.0. The standard InChI is InChI=1S/C24H25N7O2/c1-17(2)22-27-23(33-28-22)18-8-9-21(25-14-18)31-15-20(26-16-31)24(32)30-12-10-29(11-13-30)19-6-4-3-5-7-19/h3-9,14-17H,10-13H2,1-2H3. The quantitative estimate of drug-likeness (QED) is 0.467. The zero-order chi connectivity index (χ0) is 22.8. The van der Waals surface area contributed by atoms with Crippen LogP contribution in [-0.2, 0) is 0 Å². The summed E-state index contributed by atoms with van der Waals surface area (Å²) in [5.74, 6) is 1.89. The molecule has 1 saturated heterocycles. The van der Waals surface area contributed by atoms with Gasteiger partial charge in [-0.15, -0.1) is 0 Å². The minimum absolute atomic E-state index is 0.0647. The third-order valence-electron chi connectivity index (χ3n) is 5.71. The highest BCUT2D eigenvalue weighted by molar-refractivity contribution is 5.92. The Morgan fingerprint density at radius 1 is 1.00 bits per heavy atom. The summed E-state index contributed by atoms with van der Waals surface area (Å²) in [5.41, 5.74) is 2.34. The van der Waals surface area contributed by atoms with Crippen LogP contribution in [0.3, 0.4) is 0 Å². The molecule has 1 amide bonds. The molecule has 0 saturated carbocycles. The first kappa shape index (κ1) is 20.9. The predicted molar refractivity (Wildman–Crippen MR) is 123 cm³/mol. The van der Waals surface area contributed by atoms with Gasteiger partial charge in [0.25, 0.3) is 11.8 Å². The van der Waals surface area contributed by atoms with Crippen molar-refractivity contribution < 1.29 is 9.32 Å².